The molecule has 0 N–H and O–H groups in total. The van der Waals surface area contributed by atoms with Gasteiger partial charge in [-0.3, -0.25) is 0 Å². The number of hydrogen-bond donors (Lipinski definition) is 0. The average molecular weight is 278 g/mol. The quantitative estimate of drug-likeness (QED) is 0.690. The third kappa shape index (κ3) is 4.41. The Hall–Kier alpha value is -0.250. The van der Waals surface area contributed by atoms with Gasteiger partial charge in [0.15, 0.2) is 0 Å². The highest BCUT2D eigenvalue weighted by Crippen LogP contribution is 2.20. The predicted octanol–water partition coefficient (Wildman–Crippen LogP) is 3.03. The largest absolute Gasteiger partial charge is 0.444 e. The monoisotopic (exact) mass is 277 g/mol. The molecule has 0 unspecified atom stereocenters. The number of likely N-dealkylation sites (tertiary alicyclic amines) is 1. The van der Waals surface area contributed by atoms with E-state index in [0.717, 1.165) is 24.8 Å². The Kier molecular flexibility index (Phi) is 4.44. The lowest BCUT2D eigenvalue weighted by Crippen LogP contribution is -2.43. The molecule has 0 aromatic rings. The first-order valence-electron chi connectivity index (χ1n) is 5.46. The van der Waals surface area contributed by atoms with Crippen LogP contribution in [-0.4, -0.2) is 35.0 Å². The van der Waals surface area contributed by atoms with Crippen molar-refractivity contribution in [2.45, 2.75) is 39.2 Å². The number of alkyl halides is 1. The van der Waals surface area contributed by atoms with Crippen LogP contribution in [0.15, 0.2) is 0 Å². The maximum atomic E-state index is 11.8. The van der Waals surface area contributed by atoms with Gasteiger partial charge in [0.05, 0.1) is 0 Å². The van der Waals surface area contributed by atoms with E-state index in [1.165, 1.54) is 6.42 Å². The molecule has 1 rings (SSSR count). The number of rotatable bonds is 1. The predicted molar refractivity (Wildman–Crippen MR) is 64.3 cm³/mol. The maximum absolute atomic E-state index is 11.8. The Morgan fingerprint density at radius 2 is 2.20 bits per heavy atom. The zero-order valence-electron chi connectivity index (χ0n) is 9.75. The summed E-state index contributed by atoms with van der Waals surface area (Å²) >= 11 is 3.47. The van der Waals surface area contributed by atoms with E-state index in [-0.39, 0.29) is 6.09 Å². The third-order valence-electron chi connectivity index (χ3n) is 2.39. The van der Waals surface area contributed by atoms with Crippen molar-refractivity contribution < 1.29 is 9.53 Å². The van der Waals surface area contributed by atoms with Crippen molar-refractivity contribution in [3.05, 3.63) is 0 Å². The van der Waals surface area contributed by atoms with E-state index in [1.807, 2.05) is 25.7 Å². The number of ether oxygens (including phenoxy) is 1. The highest BCUT2D eigenvalue weighted by Gasteiger charge is 2.26. The van der Waals surface area contributed by atoms with E-state index >= 15 is 0 Å². The molecule has 1 heterocycles. The molecule has 1 saturated heterocycles. The maximum Gasteiger partial charge on any atom is 0.410 e. The SMILES string of the molecule is CC(C)(C)OC(=O)N1CCC[C@H](CBr)C1. The molecule has 1 amide bonds. The fourth-order valence-electron chi connectivity index (χ4n) is 1.68. The summed E-state index contributed by atoms with van der Waals surface area (Å²) in [4.78, 5) is 13.6. The van der Waals surface area contributed by atoms with Gasteiger partial charge in [-0.1, -0.05) is 15.9 Å². The van der Waals surface area contributed by atoms with E-state index in [0.29, 0.717) is 5.92 Å². The molecule has 0 spiro atoms. The van der Waals surface area contributed by atoms with Gasteiger partial charge >= 0.3 is 6.09 Å². The molecule has 15 heavy (non-hydrogen) atoms. The number of carbonyl (C=O) groups is 1. The minimum atomic E-state index is -0.390. The zero-order valence-corrected chi connectivity index (χ0v) is 11.3. The summed E-state index contributed by atoms with van der Waals surface area (Å²) in [6, 6.07) is 0. The standard InChI is InChI=1S/C11H20BrNO2/c1-11(2,3)15-10(14)13-6-4-5-9(7-12)8-13/h9H,4-8H2,1-3H3/t9-/m1/s1. The van der Waals surface area contributed by atoms with Crippen LogP contribution in [0.4, 0.5) is 4.79 Å². The Balaban J connectivity index is 2.45. The second-order valence-electron chi connectivity index (χ2n) is 5.09. The summed E-state index contributed by atoms with van der Waals surface area (Å²) < 4.78 is 5.34. The second-order valence-corrected chi connectivity index (χ2v) is 5.74. The Morgan fingerprint density at radius 1 is 1.53 bits per heavy atom. The first-order valence-corrected chi connectivity index (χ1v) is 6.58. The number of nitrogens with zero attached hydrogens (tertiary/aromatic N) is 1. The third-order valence-corrected chi connectivity index (χ3v) is 3.30. The van der Waals surface area contributed by atoms with E-state index < -0.39 is 5.60 Å². The van der Waals surface area contributed by atoms with Gasteiger partial charge in [0.1, 0.15) is 5.60 Å². The summed E-state index contributed by atoms with van der Waals surface area (Å²) in [5, 5.41) is 0.965. The summed E-state index contributed by atoms with van der Waals surface area (Å²) in [7, 11) is 0. The van der Waals surface area contributed by atoms with Gasteiger partial charge in [0.2, 0.25) is 0 Å². The van der Waals surface area contributed by atoms with Crippen LogP contribution in [0.1, 0.15) is 33.6 Å². The van der Waals surface area contributed by atoms with Crippen LogP contribution in [0.25, 0.3) is 0 Å². The number of carbonyl (C=O) groups excluding carboxylic acids is 1. The Labute approximate surface area is 100 Å². The smallest absolute Gasteiger partial charge is 0.410 e. The van der Waals surface area contributed by atoms with E-state index in [1.54, 1.807) is 0 Å². The summed E-state index contributed by atoms with van der Waals surface area (Å²) in [5.41, 5.74) is -0.390. The second kappa shape index (κ2) is 5.19. The Morgan fingerprint density at radius 3 is 2.73 bits per heavy atom. The van der Waals surface area contributed by atoms with Gasteiger partial charge in [0.25, 0.3) is 0 Å². The van der Waals surface area contributed by atoms with Crippen LogP contribution < -0.4 is 0 Å². The fraction of sp³-hybridized carbons (Fsp3) is 0.909. The van der Waals surface area contributed by atoms with Gasteiger partial charge in [0, 0.05) is 18.4 Å². The van der Waals surface area contributed by atoms with Crippen molar-refractivity contribution >= 4 is 22.0 Å². The van der Waals surface area contributed by atoms with Gasteiger partial charge in [-0.2, -0.15) is 0 Å². The lowest BCUT2D eigenvalue weighted by Gasteiger charge is -2.33. The van der Waals surface area contributed by atoms with Gasteiger partial charge in [-0.15, -0.1) is 0 Å². The van der Waals surface area contributed by atoms with Crippen LogP contribution in [0, 0.1) is 5.92 Å². The molecule has 0 aliphatic carbocycles. The molecular formula is C11H20BrNO2. The minimum Gasteiger partial charge on any atom is -0.444 e. The number of amides is 1. The summed E-state index contributed by atoms with van der Waals surface area (Å²) in [6.07, 6.45) is 2.10. The molecule has 1 aliphatic rings. The number of halogens is 1. The minimum absolute atomic E-state index is 0.173. The van der Waals surface area contributed by atoms with Gasteiger partial charge in [-0.25, -0.2) is 4.79 Å². The first kappa shape index (κ1) is 12.8. The van der Waals surface area contributed by atoms with E-state index in [9.17, 15) is 4.79 Å². The highest BCUT2D eigenvalue weighted by molar-refractivity contribution is 9.09. The summed E-state index contributed by atoms with van der Waals surface area (Å²) in [6.45, 7) is 7.35. The van der Waals surface area contributed by atoms with Crippen molar-refractivity contribution in [2.75, 3.05) is 18.4 Å². The zero-order chi connectivity index (χ0) is 11.5. The van der Waals surface area contributed by atoms with E-state index in [4.69, 9.17) is 4.74 Å². The topological polar surface area (TPSA) is 29.5 Å². The van der Waals surface area contributed by atoms with Crippen molar-refractivity contribution in [3.8, 4) is 0 Å². The van der Waals surface area contributed by atoms with Crippen LogP contribution in [-0.2, 0) is 4.74 Å². The first-order chi connectivity index (χ1) is 6.92. The molecule has 0 radical (unpaired) electrons. The lowest BCUT2D eigenvalue weighted by atomic mass is 10.0. The van der Waals surface area contributed by atoms with Crippen LogP contribution in [0.5, 0.6) is 0 Å². The van der Waals surface area contributed by atoms with Gasteiger partial charge in [-0.05, 0) is 39.5 Å². The van der Waals surface area contributed by atoms with Crippen LogP contribution in [0.3, 0.4) is 0 Å². The molecule has 3 nitrogen and oxygen atoms in total. The molecule has 1 atom stereocenters. The molecule has 1 aliphatic heterocycles. The van der Waals surface area contributed by atoms with Crippen molar-refractivity contribution in [1.82, 2.24) is 4.90 Å². The number of hydrogen-bond acceptors (Lipinski definition) is 2. The van der Waals surface area contributed by atoms with Crippen molar-refractivity contribution in [3.63, 3.8) is 0 Å². The molecule has 88 valence electrons. The van der Waals surface area contributed by atoms with Gasteiger partial charge < -0.3 is 9.64 Å². The van der Waals surface area contributed by atoms with E-state index in [2.05, 4.69) is 15.9 Å². The molecule has 0 saturated carbocycles. The van der Waals surface area contributed by atoms with Crippen molar-refractivity contribution in [2.24, 2.45) is 5.92 Å². The molecule has 0 aromatic heterocycles. The lowest BCUT2D eigenvalue weighted by molar-refractivity contribution is 0.0177. The average Bonchev–Trinajstić information content (AvgIpc) is 2.15. The van der Waals surface area contributed by atoms with Crippen molar-refractivity contribution in [1.29, 1.82) is 0 Å². The Bertz CT molecular complexity index is 225. The van der Waals surface area contributed by atoms with Crippen LogP contribution >= 0.6 is 15.9 Å². The highest BCUT2D eigenvalue weighted by atomic mass is 79.9. The molecule has 4 heteroatoms. The number of piperidine rings is 1. The van der Waals surface area contributed by atoms with Crippen LogP contribution in [0.2, 0.25) is 0 Å². The molecular weight excluding hydrogens is 258 g/mol. The molecule has 1 fully saturated rings. The molecule has 0 bridgehead atoms. The normalized spacial score (nSPS) is 22.7. The summed E-state index contributed by atoms with van der Waals surface area (Å²) in [5.74, 6) is 0.575. The molecule has 0 aromatic carbocycles. The fourth-order valence-corrected chi connectivity index (χ4v) is 2.21.